The zero-order chi connectivity index (χ0) is 15.7. The monoisotopic (exact) mass is 368 g/mol. The van der Waals surface area contributed by atoms with Crippen LogP contribution >= 0.6 is 46.6 Å². The zero-order valence-electron chi connectivity index (χ0n) is 11.6. The molecule has 0 saturated heterocycles. The van der Waals surface area contributed by atoms with Gasteiger partial charge in [0.2, 0.25) is 0 Å². The van der Waals surface area contributed by atoms with Crippen molar-refractivity contribution in [2.45, 2.75) is 4.90 Å². The van der Waals surface area contributed by atoms with Crippen LogP contribution in [0.4, 0.5) is 0 Å². The molecular formula is C16H11Cl3N2S. The molecule has 0 unspecified atom stereocenters. The Hall–Kier alpha value is -1.13. The van der Waals surface area contributed by atoms with E-state index in [2.05, 4.69) is 5.10 Å². The van der Waals surface area contributed by atoms with E-state index in [9.17, 15) is 0 Å². The van der Waals surface area contributed by atoms with Gasteiger partial charge in [0.1, 0.15) is 0 Å². The normalized spacial score (nSPS) is 10.9. The standard InChI is InChI=1S/C16H11Cl3N2S/c1-22-15-9-20-21(14-7-6-12(18)8-13(14)19)16(15)10-2-4-11(17)5-3-10/h2-9H,1H3. The minimum atomic E-state index is 0.554. The molecule has 0 aliphatic heterocycles. The lowest BCUT2D eigenvalue weighted by atomic mass is 10.1. The summed E-state index contributed by atoms with van der Waals surface area (Å²) >= 11 is 19.9. The van der Waals surface area contributed by atoms with Crippen LogP contribution in [-0.2, 0) is 0 Å². The Kier molecular flexibility index (Phi) is 4.69. The van der Waals surface area contributed by atoms with E-state index >= 15 is 0 Å². The molecule has 3 rings (SSSR count). The van der Waals surface area contributed by atoms with Crippen LogP contribution in [0.3, 0.4) is 0 Å². The van der Waals surface area contributed by atoms with E-state index in [0.29, 0.717) is 15.1 Å². The molecule has 2 nitrogen and oxygen atoms in total. The van der Waals surface area contributed by atoms with Crippen LogP contribution in [0.1, 0.15) is 0 Å². The average Bonchev–Trinajstić information content (AvgIpc) is 2.92. The Bertz CT molecular complexity index is 813. The molecule has 3 aromatic rings. The van der Waals surface area contributed by atoms with Crippen molar-refractivity contribution in [3.05, 3.63) is 63.7 Å². The van der Waals surface area contributed by atoms with Gasteiger partial charge in [-0.2, -0.15) is 5.10 Å². The minimum absolute atomic E-state index is 0.554. The van der Waals surface area contributed by atoms with Crippen LogP contribution < -0.4 is 0 Å². The van der Waals surface area contributed by atoms with Gasteiger partial charge in [-0.1, -0.05) is 46.9 Å². The third kappa shape index (κ3) is 2.99. The zero-order valence-corrected chi connectivity index (χ0v) is 14.6. The van der Waals surface area contributed by atoms with Crippen molar-refractivity contribution in [3.8, 4) is 16.9 Å². The molecule has 0 aliphatic carbocycles. The van der Waals surface area contributed by atoms with Crippen LogP contribution in [0.5, 0.6) is 0 Å². The predicted octanol–water partition coefficient (Wildman–Crippen LogP) is 6.22. The van der Waals surface area contributed by atoms with E-state index < -0.39 is 0 Å². The lowest BCUT2D eigenvalue weighted by molar-refractivity contribution is 0.888. The van der Waals surface area contributed by atoms with Crippen molar-refractivity contribution in [2.24, 2.45) is 0 Å². The fourth-order valence-corrected chi connectivity index (χ4v) is 3.36. The predicted molar refractivity (Wildman–Crippen MR) is 95.8 cm³/mol. The Balaban J connectivity index is 2.21. The largest absolute Gasteiger partial charge is 0.230 e. The highest BCUT2D eigenvalue weighted by Gasteiger charge is 2.16. The number of benzene rings is 2. The first-order chi connectivity index (χ1) is 10.6. The van der Waals surface area contributed by atoms with E-state index in [1.165, 1.54) is 0 Å². The molecule has 0 N–H and O–H groups in total. The highest BCUT2D eigenvalue weighted by Crippen LogP contribution is 2.35. The van der Waals surface area contributed by atoms with Crippen molar-refractivity contribution in [3.63, 3.8) is 0 Å². The van der Waals surface area contributed by atoms with Gasteiger partial charge in [-0.25, -0.2) is 4.68 Å². The minimum Gasteiger partial charge on any atom is -0.230 e. The van der Waals surface area contributed by atoms with Crippen molar-refractivity contribution in [1.29, 1.82) is 0 Å². The average molecular weight is 370 g/mol. The molecule has 0 aliphatic rings. The summed E-state index contributed by atoms with van der Waals surface area (Å²) in [7, 11) is 0. The van der Waals surface area contributed by atoms with E-state index in [-0.39, 0.29) is 0 Å². The second-order valence-electron chi connectivity index (χ2n) is 4.58. The fraction of sp³-hybridized carbons (Fsp3) is 0.0625. The summed E-state index contributed by atoms with van der Waals surface area (Å²) in [6, 6.07) is 13.0. The summed E-state index contributed by atoms with van der Waals surface area (Å²) in [4.78, 5) is 1.06. The molecule has 1 aromatic heterocycles. The number of hydrogen-bond acceptors (Lipinski definition) is 2. The van der Waals surface area contributed by atoms with Gasteiger partial charge in [-0.05, 0) is 36.6 Å². The first kappa shape index (κ1) is 15.8. The third-order valence-electron chi connectivity index (χ3n) is 3.21. The van der Waals surface area contributed by atoms with Crippen molar-refractivity contribution in [2.75, 3.05) is 6.26 Å². The van der Waals surface area contributed by atoms with Crippen LogP contribution in [0.2, 0.25) is 15.1 Å². The summed E-state index contributed by atoms with van der Waals surface area (Å²) < 4.78 is 1.83. The maximum Gasteiger partial charge on any atom is 0.0877 e. The molecule has 6 heteroatoms. The Morgan fingerprint density at radius 1 is 0.955 bits per heavy atom. The number of hydrogen-bond donors (Lipinski definition) is 0. The first-order valence-corrected chi connectivity index (χ1v) is 8.79. The van der Waals surface area contributed by atoms with Crippen molar-refractivity contribution < 1.29 is 0 Å². The summed E-state index contributed by atoms with van der Waals surface area (Å²) in [6.45, 7) is 0. The van der Waals surface area contributed by atoms with Gasteiger partial charge in [0.05, 0.1) is 27.5 Å². The van der Waals surface area contributed by atoms with E-state index in [1.54, 1.807) is 23.9 Å². The number of rotatable bonds is 3. The van der Waals surface area contributed by atoms with Gasteiger partial charge in [0.15, 0.2) is 0 Å². The van der Waals surface area contributed by atoms with E-state index in [4.69, 9.17) is 34.8 Å². The van der Waals surface area contributed by atoms with Crippen LogP contribution in [-0.4, -0.2) is 16.0 Å². The molecule has 112 valence electrons. The van der Waals surface area contributed by atoms with Crippen LogP contribution in [0.15, 0.2) is 53.6 Å². The molecule has 1 heterocycles. The first-order valence-electron chi connectivity index (χ1n) is 6.43. The quantitative estimate of drug-likeness (QED) is 0.510. The molecule has 0 atom stereocenters. The number of thioether (sulfide) groups is 1. The lowest BCUT2D eigenvalue weighted by Gasteiger charge is -2.11. The van der Waals surface area contributed by atoms with Gasteiger partial charge in [0.25, 0.3) is 0 Å². The topological polar surface area (TPSA) is 17.8 Å². The van der Waals surface area contributed by atoms with Crippen molar-refractivity contribution >= 4 is 46.6 Å². The number of halogens is 3. The SMILES string of the molecule is CSc1cnn(-c2ccc(Cl)cc2Cl)c1-c1ccc(Cl)cc1. The Morgan fingerprint density at radius 3 is 2.27 bits per heavy atom. The maximum atomic E-state index is 6.33. The number of nitrogens with zero attached hydrogens (tertiary/aromatic N) is 2. The van der Waals surface area contributed by atoms with Gasteiger partial charge in [-0.3, -0.25) is 0 Å². The van der Waals surface area contributed by atoms with Gasteiger partial charge >= 0.3 is 0 Å². The Morgan fingerprint density at radius 2 is 1.64 bits per heavy atom. The second kappa shape index (κ2) is 6.55. The highest BCUT2D eigenvalue weighted by molar-refractivity contribution is 7.98. The van der Waals surface area contributed by atoms with Gasteiger partial charge in [-0.15, -0.1) is 11.8 Å². The second-order valence-corrected chi connectivity index (χ2v) is 6.70. The molecule has 0 spiro atoms. The summed E-state index contributed by atoms with van der Waals surface area (Å²) in [5, 5.41) is 6.33. The maximum absolute atomic E-state index is 6.33. The molecule has 0 amide bonds. The smallest absolute Gasteiger partial charge is 0.0877 e. The molecule has 22 heavy (non-hydrogen) atoms. The highest BCUT2D eigenvalue weighted by atomic mass is 35.5. The van der Waals surface area contributed by atoms with Crippen LogP contribution in [0, 0.1) is 0 Å². The molecule has 0 bridgehead atoms. The third-order valence-corrected chi connectivity index (χ3v) is 4.74. The molecule has 2 aromatic carbocycles. The van der Waals surface area contributed by atoms with Crippen LogP contribution in [0.25, 0.3) is 16.9 Å². The lowest BCUT2D eigenvalue weighted by Crippen LogP contribution is -2.00. The number of aromatic nitrogens is 2. The summed E-state index contributed by atoms with van der Waals surface area (Å²) in [5.41, 5.74) is 2.79. The molecule has 0 saturated carbocycles. The summed E-state index contributed by atoms with van der Waals surface area (Å²) in [5.74, 6) is 0. The van der Waals surface area contributed by atoms with Gasteiger partial charge in [0, 0.05) is 15.6 Å². The van der Waals surface area contributed by atoms with Gasteiger partial charge < -0.3 is 0 Å². The molecule has 0 radical (unpaired) electrons. The molecule has 0 fully saturated rings. The van der Waals surface area contributed by atoms with Crippen molar-refractivity contribution in [1.82, 2.24) is 9.78 Å². The summed E-state index contributed by atoms with van der Waals surface area (Å²) in [6.07, 6.45) is 3.85. The molecular weight excluding hydrogens is 359 g/mol. The van der Waals surface area contributed by atoms with E-state index in [1.807, 2.05) is 47.5 Å². The fourth-order valence-electron chi connectivity index (χ4n) is 2.19. The Labute approximate surface area is 148 Å². The van der Waals surface area contributed by atoms with E-state index in [0.717, 1.165) is 21.8 Å².